The van der Waals surface area contributed by atoms with Crippen molar-refractivity contribution >= 4 is 28.3 Å². The fourth-order valence-corrected chi connectivity index (χ4v) is 2.95. The summed E-state index contributed by atoms with van der Waals surface area (Å²) in [6.07, 6.45) is 1.48. The number of thiazole rings is 1. The molecule has 0 bridgehead atoms. The van der Waals surface area contributed by atoms with Gasteiger partial charge in [-0.25, -0.2) is 9.37 Å². The highest BCUT2D eigenvalue weighted by Crippen LogP contribution is 2.16. The van der Waals surface area contributed by atoms with Crippen LogP contribution in [0.15, 0.2) is 52.8 Å². The monoisotopic (exact) mass is 386 g/mol. The van der Waals surface area contributed by atoms with Crippen molar-refractivity contribution in [1.29, 1.82) is 0 Å². The van der Waals surface area contributed by atoms with Gasteiger partial charge >= 0.3 is 0 Å². The second-order valence-electron chi connectivity index (χ2n) is 5.59. The standard InChI is InChI=1S/C18H15FN4O3S/c19-12-5-3-11(4-6-12)9-21-15(24)8-13-10-27-18(22-13)23-17(26)14-2-1-7-20-16(14)25/h1-7,10H,8-9H2,(H,20,25)(H,21,24)(H,22,23,26). The van der Waals surface area contributed by atoms with Crippen molar-refractivity contribution in [3.63, 3.8) is 0 Å². The highest BCUT2D eigenvalue weighted by atomic mass is 32.1. The van der Waals surface area contributed by atoms with Crippen LogP contribution in [0.3, 0.4) is 0 Å². The highest BCUT2D eigenvalue weighted by Gasteiger charge is 2.13. The van der Waals surface area contributed by atoms with Crippen LogP contribution in [-0.4, -0.2) is 21.8 Å². The average Bonchev–Trinajstić information content (AvgIpc) is 3.08. The van der Waals surface area contributed by atoms with E-state index >= 15 is 0 Å². The number of hydrogen-bond acceptors (Lipinski definition) is 5. The van der Waals surface area contributed by atoms with Crippen LogP contribution in [0.5, 0.6) is 0 Å². The fraction of sp³-hybridized carbons (Fsp3) is 0.111. The quantitative estimate of drug-likeness (QED) is 0.603. The molecule has 138 valence electrons. The van der Waals surface area contributed by atoms with E-state index in [2.05, 4.69) is 20.6 Å². The summed E-state index contributed by atoms with van der Waals surface area (Å²) in [6.45, 7) is 0.281. The lowest BCUT2D eigenvalue weighted by molar-refractivity contribution is -0.120. The van der Waals surface area contributed by atoms with Crippen LogP contribution in [0.2, 0.25) is 0 Å². The molecule has 0 radical (unpaired) electrons. The van der Waals surface area contributed by atoms with Crippen molar-refractivity contribution in [2.45, 2.75) is 13.0 Å². The van der Waals surface area contributed by atoms with Gasteiger partial charge in [-0.05, 0) is 29.8 Å². The van der Waals surface area contributed by atoms with Crippen molar-refractivity contribution in [2.75, 3.05) is 5.32 Å². The molecule has 0 fully saturated rings. The third kappa shape index (κ3) is 5.08. The number of halogens is 1. The fourth-order valence-electron chi connectivity index (χ4n) is 2.24. The Hall–Kier alpha value is -3.33. The Balaban J connectivity index is 1.53. The van der Waals surface area contributed by atoms with Crippen LogP contribution >= 0.6 is 11.3 Å². The van der Waals surface area contributed by atoms with E-state index in [1.54, 1.807) is 23.6 Å². The molecule has 1 aromatic carbocycles. The number of benzene rings is 1. The molecule has 9 heteroatoms. The number of aromatic nitrogens is 2. The molecular weight excluding hydrogens is 371 g/mol. The predicted octanol–water partition coefficient (Wildman–Crippen LogP) is 2.08. The van der Waals surface area contributed by atoms with Crippen LogP contribution in [0, 0.1) is 5.82 Å². The first-order valence-electron chi connectivity index (χ1n) is 7.96. The van der Waals surface area contributed by atoms with Gasteiger partial charge in [-0.15, -0.1) is 11.3 Å². The Morgan fingerprint density at radius 2 is 1.96 bits per heavy atom. The lowest BCUT2D eigenvalue weighted by atomic mass is 10.2. The lowest BCUT2D eigenvalue weighted by Crippen LogP contribution is -2.24. The van der Waals surface area contributed by atoms with E-state index in [1.807, 2.05) is 0 Å². The molecule has 0 aliphatic rings. The summed E-state index contributed by atoms with van der Waals surface area (Å²) in [7, 11) is 0. The van der Waals surface area contributed by atoms with Crippen LogP contribution < -0.4 is 16.2 Å². The number of nitrogens with one attached hydrogen (secondary N) is 3. The minimum absolute atomic E-state index is 0.0220. The number of hydrogen-bond donors (Lipinski definition) is 3. The summed E-state index contributed by atoms with van der Waals surface area (Å²) in [4.78, 5) is 42.3. The van der Waals surface area contributed by atoms with Crippen LogP contribution in [0.1, 0.15) is 21.6 Å². The Labute approximate surface area is 157 Å². The number of aromatic amines is 1. The number of H-pyrrole nitrogens is 1. The highest BCUT2D eigenvalue weighted by molar-refractivity contribution is 7.14. The van der Waals surface area contributed by atoms with Crippen molar-refractivity contribution in [2.24, 2.45) is 0 Å². The summed E-state index contributed by atoms with van der Waals surface area (Å²) in [6, 6.07) is 8.80. The van der Waals surface area contributed by atoms with Gasteiger partial charge in [0.25, 0.3) is 11.5 Å². The van der Waals surface area contributed by atoms with Gasteiger partial charge in [-0.3, -0.25) is 19.7 Å². The Morgan fingerprint density at radius 1 is 1.19 bits per heavy atom. The van der Waals surface area contributed by atoms with E-state index in [9.17, 15) is 18.8 Å². The van der Waals surface area contributed by atoms with Gasteiger partial charge in [-0.2, -0.15) is 0 Å². The van der Waals surface area contributed by atoms with Gasteiger partial charge in [0, 0.05) is 18.1 Å². The molecule has 7 nitrogen and oxygen atoms in total. The molecule has 2 heterocycles. The van der Waals surface area contributed by atoms with Gasteiger partial charge in [0.1, 0.15) is 11.4 Å². The number of pyridine rings is 1. The molecule has 2 aromatic heterocycles. The molecule has 0 saturated heterocycles. The van der Waals surface area contributed by atoms with Gasteiger partial charge < -0.3 is 10.3 Å². The smallest absolute Gasteiger partial charge is 0.263 e. The zero-order chi connectivity index (χ0) is 19.2. The maximum atomic E-state index is 12.9. The van der Waals surface area contributed by atoms with E-state index in [1.165, 1.54) is 24.4 Å². The summed E-state index contributed by atoms with van der Waals surface area (Å²) in [5.41, 5.74) is 0.760. The maximum absolute atomic E-state index is 12.9. The molecule has 0 spiro atoms. The number of anilines is 1. The summed E-state index contributed by atoms with van der Waals surface area (Å²) < 4.78 is 12.9. The normalized spacial score (nSPS) is 10.4. The molecule has 0 aliphatic heterocycles. The third-order valence-corrected chi connectivity index (χ3v) is 4.39. The van der Waals surface area contributed by atoms with Crippen molar-refractivity contribution in [1.82, 2.24) is 15.3 Å². The summed E-state index contributed by atoms with van der Waals surface area (Å²) >= 11 is 1.16. The first-order valence-corrected chi connectivity index (χ1v) is 8.84. The zero-order valence-electron chi connectivity index (χ0n) is 14.0. The van der Waals surface area contributed by atoms with Gasteiger partial charge in [0.05, 0.1) is 12.1 Å². The second-order valence-corrected chi connectivity index (χ2v) is 6.45. The molecule has 0 unspecified atom stereocenters. The Bertz CT molecular complexity index is 1010. The van der Waals surface area contributed by atoms with Crippen LogP contribution in [0.4, 0.5) is 9.52 Å². The SMILES string of the molecule is O=C(Cc1csc(NC(=O)c2ccc[nH]c2=O)n1)NCc1ccc(F)cc1. The maximum Gasteiger partial charge on any atom is 0.263 e. The first kappa shape index (κ1) is 18.5. The third-order valence-electron chi connectivity index (χ3n) is 3.58. The van der Waals surface area contributed by atoms with Crippen LogP contribution in [-0.2, 0) is 17.8 Å². The Kier molecular flexibility index (Phi) is 5.72. The van der Waals surface area contributed by atoms with Crippen LogP contribution in [0.25, 0.3) is 0 Å². The molecule has 2 amide bonds. The lowest BCUT2D eigenvalue weighted by Gasteiger charge is -2.04. The van der Waals surface area contributed by atoms with E-state index in [-0.39, 0.29) is 30.3 Å². The first-order chi connectivity index (χ1) is 13.0. The molecule has 0 saturated carbocycles. The molecule has 3 aromatic rings. The van der Waals surface area contributed by atoms with Crippen molar-refractivity contribution in [3.8, 4) is 0 Å². The van der Waals surface area contributed by atoms with E-state index in [0.29, 0.717) is 10.8 Å². The topological polar surface area (TPSA) is 104 Å². The summed E-state index contributed by atoms with van der Waals surface area (Å²) in [5, 5.41) is 7.21. The minimum Gasteiger partial charge on any atom is -0.352 e. The number of carbonyl (C=O) groups excluding carboxylic acids is 2. The number of rotatable bonds is 6. The van der Waals surface area contributed by atoms with Gasteiger partial charge in [0.15, 0.2) is 5.13 Å². The van der Waals surface area contributed by atoms with Gasteiger partial charge in [-0.1, -0.05) is 12.1 Å². The largest absolute Gasteiger partial charge is 0.352 e. The molecular formula is C18H15FN4O3S. The summed E-state index contributed by atoms with van der Waals surface area (Å²) in [5.74, 6) is -1.15. The molecule has 3 N–H and O–H groups in total. The van der Waals surface area contributed by atoms with E-state index < -0.39 is 11.5 Å². The average molecular weight is 386 g/mol. The van der Waals surface area contributed by atoms with E-state index in [4.69, 9.17) is 0 Å². The molecule has 3 rings (SSSR count). The predicted molar refractivity (Wildman–Crippen MR) is 99.1 cm³/mol. The Morgan fingerprint density at radius 3 is 2.70 bits per heavy atom. The number of nitrogens with zero attached hydrogens (tertiary/aromatic N) is 1. The number of carbonyl (C=O) groups is 2. The van der Waals surface area contributed by atoms with Gasteiger partial charge in [0.2, 0.25) is 5.91 Å². The number of amides is 2. The molecule has 0 aliphatic carbocycles. The van der Waals surface area contributed by atoms with E-state index in [0.717, 1.165) is 16.9 Å². The second kappa shape index (κ2) is 8.37. The van der Waals surface area contributed by atoms with Crippen molar-refractivity contribution in [3.05, 3.63) is 81.0 Å². The molecule has 0 atom stereocenters. The minimum atomic E-state index is -0.571. The van der Waals surface area contributed by atoms with Crippen molar-refractivity contribution < 1.29 is 14.0 Å². The zero-order valence-corrected chi connectivity index (χ0v) is 14.8. The molecule has 27 heavy (non-hydrogen) atoms.